The number of urea groups is 1. The first-order chi connectivity index (χ1) is 8.53. The number of hydrogen-bond donors (Lipinski definition) is 2. The number of likely N-dealkylation sites (N-methyl/N-ethyl adjacent to an activating group) is 1. The Balaban J connectivity index is 2.01. The predicted octanol–water partition coefficient (Wildman–Crippen LogP) is 1.40. The molecule has 2 rings (SSSR count). The highest BCUT2D eigenvalue weighted by atomic mass is 16.4. The Labute approximate surface area is 105 Å². The summed E-state index contributed by atoms with van der Waals surface area (Å²) in [4.78, 5) is 23.6. The van der Waals surface area contributed by atoms with E-state index < -0.39 is 5.97 Å². The molecule has 1 aliphatic carbocycles. The molecule has 0 heterocycles. The van der Waals surface area contributed by atoms with E-state index in [1.54, 1.807) is 0 Å². The van der Waals surface area contributed by atoms with E-state index in [0.29, 0.717) is 0 Å². The number of amides is 2. The normalized spacial score (nSPS) is 15.8. The number of nitrogens with one attached hydrogen (secondary N) is 1. The van der Waals surface area contributed by atoms with Crippen LogP contribution in [0.4, 0.5) is 4.79 Å². The lowest BCUT2D eigenvalue weighted by Crippen LogP contribution is -2.44. The van der Waals surface area contributed by atoms with Crippen LogP contribution in [0.1, 0.15) is 18.4 Å². The van der Waals surface area contributed by atoms with Crippen molar-refractivity contribution < 1.29 is 14.7 Å². The average molecular weight is 248 g/mol. The fourth-order valence-corrected chi connectivity index (χ4v) is 1.94. The summed E-state index contributed by atoms with van der Waals surface area (Å²) in [7, 11) is 1.48. The first-order valence-electron chi connectivity index (χ1n) is 5.84. The van der Waals surface area contributed by atoms with E-state index in [-0.39, 0.29) is 18.1 Å². The van der Waals surface area contributed by atoms with Crippen molar-refractivity contribution in [3.8, 4) is 0 Å². The molecule has 0 bridgehead atoms. The van der Waals surface area contributed by atoms with Crippen molar-refractivity contribution in [2.75, 3.05) is 13.6 Å². The molecule has 1 aromatic carbocycles. The highest BCUT2D eigenvalue weighted by Crippen LogP contribution is 2.45. The molecule has 0 aromatic heterocycles. The molecule has 1 aliphatic rings. The highest BCUT2D eigenvalue weighted by molar-refractivity contribution is 5.80. The molecule has 1 aromatic rings. The zero-order valence-corrected chi connectivity index (χ0v) is 10.2. The zero-order chi connectivity index (χ0) is 13.2. The topological polar surface area (TPSA) is 69.6 Å². The summed E-state index contributed by atoms with van der Waals surface area (Å²) >= 11 is 0. The summed E-state index contributed by atoms with van der Waals surface area (Å²) in [5, 5.41) is 11.6. The Bertz CT molecular complexity index is 455. The molecule has 0 atom stereocenters. The summed E-state index contributed by atoms with van der Waals surface area (Å²) in [6.07, 6.45) is 1.79. The van der Waals surface area contributed by atoms with Gasteiger partial charge in [0.2, 0.25) is 0 Å². The van der Waals surface area contributed by atoms with Crippen molar-refractivity contribution in [3.05, 3.63) is 35.9 Å². The number of nitrogens with zero attached hydrogens (tertiary/aromatic N) is 1. The van der Waals surface area contributed by atoms with Crippen LogP contribution in [0.25, 0.3) is 0 Å². The van der Waals surface area contributed by atoms with Crippen molar-refractivity contribution in [2.45, 2.75) is 18.4 Å². The second kappa shape index (κ2) is 4.68. The molecule has 1 saturated carbocycles. The van der Waals surface area contributed by atoms with Crippen molar-refractivity contribution >= 4 is 12.0 Å². The minimum Gasteiger partial charge on any atom is -0.480 e. The van der Waals surface area contributed by atoms with Gasteiger partial charge in [0.15, 0.2) is 0 Å². The maximum absolute atomic E-state index is 11.9. The third-order valence-electron chi connectivity index (χ3n) is 3.14. The molecule has 0 saturated heterocycles. The van der Waals surface area contributed by atoms with Gasteiger partial charge in [-0.15, -0.1) is 0 Å². The van der Waals surface area contributed by atoms with Crippen LogP contribution in [0.5, 0.6) is 0 Å². The lowest BCUT2D eigenvalue weighted by Gasteiger charge is -2.22. The number of carbonyl (C=O) groups is 2. The lowest BCUT2D eigenvalue weighted by molar-refractivity contribution is -0.137. The molecular formula is C13H16N2O3. The fraction of sp³-hybridized carbons (Fsp3) is 0.385. The minimum absolute atomic E-state index is 0.295. The SMILES string of the molecule is CN(CC(=O)O)C(=O)NC1(c2ccccc2)CC1. The van der Waals surface area contributed by atoms with Gasteiger partial charge in [0.1, 0.15) is 6.54 Å². The Morgan fingerprint density at radius 3 is 2.44 bits per heavy atom. The van der Waals surface area contributed by atoms with Crippen molar-refractivity contribution in [1.82, 2.24) is 10.2 Å². The van der Waals surface area contributed by atoms with E-state index in [2.05, 4.69) is 5.32 Å². The van der Waals surface area contributed by atoms with Crippen molar-refractivity contribution in [2.24, 2.45) is 0 Å². The molecule has 0 aliphatic heterocycles. The van der Waals surface area contributed by atoms with Gasteiger partial charge in [0, 0.05) is 7.05 Å². The number of benzene rings is 1. The quantitative estimate of drug-likeness (QED) is 0.846. The number of rotatable bonds is 4. The summed E-state index contributed by atoms with van der Waals surface area (Å²) in [6.45, 7) is -0.295. The van der Waals surface area contributed by atoms with E-state index in [1.807, 2.05) is 30.3 Å². The molecule has 1 fully saturated rings. The molecule has 96 valence electrons. The van der Waals surface area contributed by atoms with Gasteiger partial charge in [0.25, 0.3) is 0 Å². The van der Waals surface area contributed by atoms with Gasteiger partial charge < -0.3 is 15.3 Å². The Kier molecular flexibility index (Phi) is 3.23. The van der Waals surface area contributed by atoms with E-state index in [4.69, 9.17) is 5.11 Å². The molecule has 5 heteroatoms. The van der Waals surface area contributed by atoms with Gasteiger partial charge in [-0.3, -0.25) is 4.79 Å². The standard InChI is InChI=1S/C13H16N2O3/c1-15(9-11(16)17)12(18)14-13(7-8-13)10-5-3-2-4-6-10/h2-6H,7-9H2,1H3,(H,14,18)(H,16,17). The van der Waals surface area contributed by atoms with Gasteiger partial charge in [-0.25, -0.2) is 4.79 Å². The minimum atomic E-state index is -1.02. The number of aliphatic carboxylic acids is 1. The molecular weight excluding hydrogens is 232 g/mol. The number of carboxylic acid groups (broad SMARTS) is 1. The molecule has 2 N–H and O–H groups in total. The maximum Gasteiger partial charge on any atom is 0.323 e. The summed E-state index contributed by atoms with van der Waals surface area (Å²) < 4.78 is 0. The van der Waals surface area contributed by atoms with Gasteiger partial charge >= 0.3 is 12.0 Å². The molecule has 18 heavy (non-hydrogen) atoms. The van der Waals surface area contributed by atoms with Gasteiger partial charge in [0.05, 0.1) is 5.54 Å². The Hall–Kier alpha value is -2.04. The van der Waals surface area contributed by atoms with E-state index in [1.165, 1.54) is 11.9 Å². The molecule has 0 spiro atoms. The van der Waals surface area contributed by atoms with Crippen LogP contribution in [-0.2, 0) is 10.3 Å². The van der Waals surface area contributed by atoms with Crippen LogP contribution < -0.4 is 5.32 Å². The maximum atomic E-state index is 11.9. The van der Waals surface area contributed by atoms with Crippen molar-refractivity contribution in [3.63, 3.8) is 0 Å². The summed E-state index contributed by atoms with van der Waals surface area (Å²) in [5.41, 5.74) is 0.771. The third-order valence-corrected chi connectivity index (χ3v) is 3.14. The van der Waals surface area contributed by atoms with Crippen LogP contribution in [-0.4, -0.2) is 35.6 Å². The second-order valence-corrected chi connectivity index (χ2v) is 4.63. The van der Waals surface area contributed by atoms with Crippen LogP contribution in [0, 0.1) is 0 Å². The summed E-state index contributed by atoms with van der Waals surface area (Å²) in [6, 6.07) is 9.40. The van der Waals surface area contributed by atoms with Crippen molar-refractivity contribution in [1.29, 1.82) is 0 Å². The van der Waals surface area contributed by atoms with Crippen LogP contribution >= 0.6 is 0 Å². The molecule has 5 nitrogen and oxygen atoms in total. The van der Waals surface area contributed by atoms with E-state index >= 15 is 0 Å². The fourth-order valence-electron chi connectivity index (χ4n) is 1.94. The van der Waals surface area contributed by atoms with Gasteiger partial charge in [-0.1, -0.05) is 30.3 Å². The largest absolute Gasteiger partial charge is 0.480 e. The van der Waals surface area contributed by atoms with Crippen LogP contribution in [0.2, 0.25) is 0 Å². The lowest BCUT2D eigenvalue weighted by atomic mass is 10.1. The molecule has 2 amide bonds. The third kappa shape index (κ3) is 2.61. The summed E-state index contributed by atoms with van der Waals surface area (Å²) in [5.74, 6) is -1.02. The number of hydrogen-bond acceptors (Lipinski definition) is 2. The average Bonchev–Trinajstić information content (AvgIpc) is 3.10. The highest BCUT2D eigenvalue weighted by Gasteiger charge is 2.46. The van der Waals surface area contributed by atoms with Crippen LogP contribution in [0.15, 0.2) is 30.3 Å². The zero-order valence-electron chi connectivity index (χ0n) is 10.2. The van der Waals surface area contributed by atoms with Gasteiger partial charge in [-0.05, 0) is 18.4 Å². The van der Waals surface area contributed by atoms with E-state index in [0.717, 1.165) is 18.4 Å². The number of carbonyl (C=O) groups excluding carboxylic acids is 1. The molecule has 0 radical (unpaired) electrons. The number of carboxylic acids is 1. The second-order valence-electron chi connectivity index (χ2n) is 4.63. The Morgan fingerprint density at radius 2 is 1.94 bits per heavy atom. The van der Waals surface area contributed by atoms with E-state index in [9.17, 15) is 9.59 Å². The predicted molar refractivity (Wildman–Crippen MR) is 66.2 cm³/mol. The Morgan fingerprint density at radius 1 is 1.33 bits per heavy atom. The van der Waals surface area contributed by atoms with Gasteiger partial charge in [-0.2, -0.15) is 0 Å². The first-order valence-corrected chi connectivity index (χ1v) is 5.84. The smallest absolute Gasteiger partial charge is 0.323 e. The first kappa shape index (κ1) is 12.4. The monoisotopic (exact) mass is 248 g/mol. The van der Waals surface area contributed by atoms with Crippen LogP contribution in [0.3, 0.4) is 0 Å². The molecule has 0 unspecified atom stereocenters.